The molecule has 0 aliphatic carbocycles. The summed E-state index contributed by atoms with van der Waals surface area (Å²) in [5, 5.41) is 0. The van der Waals surface area contributed by atoms with Crippen LogP contribution in [-0.4, -0.2) is 15.8 Å². The van der Waals surface area contributed by atoms with E-state index in [9.17, 15) is 4.79 Å². The lowest BCUT2D eigenvalue weighted by atomic mass is 9.85. The van der Waals surface area contributed by atoms with E-state index < -0.39 is 0 Å². The molecule has 0 unspecified atom stereocenters. The van der Waals surface area contributed by atoms with Crippen molar-refractivity contribution >= 4 is 6.29 Å². The van der Waals surface area contributed by atoms with Crippen LogP contribution in [0.1, 0.15) is 42.4 Å². The van der Waals surface area contributed by atoms with Crippen molar-refractivity contribution < 1.29 is 4.79 Å². The van der Waals surface area contributed by atoms with Gasteiger partial charge in [0.25, 0.3) is 0 Å². The topological polar surface area (TPSA) is 34.9 Å². The van der Waals surface area contributed by atoms with Gasteiger partial charge in [-0.1, -0.05) is 32.9 Å². The summed E-state index contributed by atoms with van der Waals surface area (Å²) in [5.74, 6) is 0. The fourth-order valence-electron chi connectivity index (χ4n) is 2.21. The van der Waals surface area contributed by atoms with Gasteiger partial charge < -0.3 is 4.57 Å². The summed E-state index contributed by atoms with van der Waals surface area (Å²) >= 11 is 0. The molecule has 2 rings (SSSR count). The van der Waals surface area contributed by atoms with Gasteiger partial charge in [0.1, 0.15) is 5.69 Å². The second-order valence-electron chi connectivity index (χ2n) is 5.99. The van der Waals surface area contributed by atoms with E-state index in [0.29, 0.717) is 5.69 Å². The van der Waals surface area contributed by atoms with Crippen LogP contribution in [-0.2, 0) is 12.5 Å². The van der Waals surface area contributed by atoms with Crippen LogP contribution < -0.4 is 0 Å². The van der Waals surface area contributed by atoms with Gasteiger partial charge in [-0.25, -0.2) is 4.98 Å². The van der Waals surface area contributed by atoms with E-state index in [4.69, 9.17) is 0 Å². The number of benzene rings is 1. The fourth-order valence-corrected chi connectivity index (χ4v) is 2.21. The molecule has 1 aromatic heterocycles. The minimum atomic E-state index is 0.0857. The summed E-state index contributed by atoms with van der Waals surface area (Å²) in [5.41, 5.74) is 4.96. The lowest BCUT2D eigenvalue weighted by Crippen LogP contribution is -2.11. The normalized spacial score (nSPS) is 11.6. The van der Waals surface area contributed by atoms with E-state index in [-0.39, 0.29) is 5.41 Å². The van der Waals surface area contributed by atoms with Crippen molar-refractivity contribution in [3.63, 3.8) is 0 Å². The molecule has 0 radical (unpaired) electrons. The molecule has 0 saturated carbocycles. The second kappa shape index (κ2) is 4.65. The van der Waals surface area contributed by atoms with Gasteiger partial charge in [-0.2, -0.15) is 0 Å². The number of aldehydes is 1. The van der Waals surface area contributed by atoms with Gasteiger partial charge in [-0.3, -0.25) is 4.79 Å². The molecule has 100 valence electrons. The van der Waals surface area contributed by atoms with Gasteiger partial charge in [0.15, 0.2) is 6.29 Å². The maximum Gasteiger partial charge on any atom is 0.170 e. The summed E-state index contributed by atoms with van der Waals surface area (Å²) in [6.45, 7) is 8.62. The molecule has 3 heteroatoms. The molecule has 0 bridgehead atoms. The number of rotatable bonds is 2. The standard InChI is InChI=1S/C16H20N2O/c1-11-6-7-12(16(2,3)4)8-13(11)15-14(9-19)17-10-18(15)5/h6-10H,1-5H3. The molecule has 0 aliphatic heterocycles. The van der Waals surface area contributed by atoms with Gasteiger partial charge in [-0.05, 0) is 29.5 Å². The molecule has 0 spiro atoms. The third-order valence-corrected chi connectivity index (χ3v) is 3.44. The lowest BCUT2D eigenvalue weighted by Gasteiger charge is -2.21. The van der Waals surface area contributed by atoms with Crippen molar-refractivity contribution in [3.05, 3.63) is 41.3 Å². The zero-order valence-corrected chi connectivity index (χ0v) is 12.2. The minimum absolute atomic E-state index is 0.0857. The largest absolute Gasteiger partial charge is 0.333 e. The van der Waals surface area contributed by atoms with E-state index in [1.165, 1.54) is 5.56 Å². The number of imidazole rings is 1. The van der Waals surface area contributed by atoms with Crippen molar-refractivity contribution in [2.45, 2.75) is 33.1 Å². The van der Waals surface area contributed by atoms with E-state index in [1.54, 1.807) is 6.33 Å². The predicted octanol–water partition coefficient (Wildman–Crippen LogP) is 3.51. The number of aromatic nitrogens is 2. The third-order valence-electron chi connectivity index (χ3n) is 3.44. The van der Waals surface area contributed by atoms with Crippen molar-refractivity contribution in [2.75, 3.05) is 0 Å². The van der Waals surface area contributed by atoms with Crippen LogP contribution in [0, 0.1) is 6.92 Å². The van der Waals surface area contributed by atoms with Crippen molar-refractivity contribution in [2.24, 2.45) is 7.05 Å². The average molecular weight is 256 g/mol. The van der Waals surface area contributed by atoms with Crippen molar-refractivity contribution in [1.29, 1.82) is 0 Å². The molecule has 1 heterocycles. The van der Waals surface area contributed by atoms with Gasteiger partial charge in [0, 0.05) is 12.6 Å². The number of carbonyl (C=O) groups excluding carboxylic acids is 1. The Balaban J connectivity index is 2.68. The molecule has 0 N–H and O–H groups in total. The Bertz CT molecular complexity index is 618. The fraction of sp³-hybridized carbons (Fsp3) is 0.375. The highest BCUT2D eigenvalue weighted by atomic mass is 16.1. The molecule has 0 aliphatic rings. The molecule has 3 nitrogen and oxygen atoms in total. The zero-order chi connectivity index (χ0) is 14.2. The number of hydrogen-bond acceptors (Lipinski definition) is 2. The summed E-state index contributed by atoms with van der Waals surface area (Å²) in [6, 6.07) is 6.42. The SMILES string of the molecule is Cc1ccc(C(C)(C)C)cc1-c1c(C=O)ncn1C. The maximum absolute atomic E-state index is 11.1. The van der Waals surface area contributed by atoms with Crippen LogP contribution >= 0.6 is 0 Å². The Morgan fingerprint density at radius 1 is 1.26 bits per heavy atom. The summed E-state index contributed by atoms with van der Waals surface area (Å²) in [7, 11) is 1.92. The van der Waals surface area contributed by atoms with Crippen LogP contribution in [0.3, 0.4) is 0 Å². The molecule has 0 saturated heterocycles. The first kappa shape index (κ1) is 13.5. The molecule has 1 aromatic carbocycles. The van der Waals surface area contributed by atoms with E-state index in [2.05, 4.69) is 50.9 Å². The first-order valence-corrected chi connectivity index (χ1v) is 6.42. The second-order valence-corrected chi connectivity index (χ2v) is 5.99. The third kappa shape index (κ3) is 2.46. The monoisotopic (exact) mass is 256 g/mol. The van der Waals surface area contributed by atoms with Crippen LogP contribution in [0.2, 0.25) is 0 Å². The summed E-state index contributed by atoms with van der Waals surface area (Å²) < 4.78 is 1.90. The maximum atomic E-state index is 11.1. The van der Waals surface area contributed by atoms with E-state index in [0.717, 1.165) is 23.1 Å². The van der Waals surface area contributed by atoms with Gasteiger partial charge in [0.2, 0.25) is 0 Å². The summed E-state index contributed by atoms with van der Waals surface area (Å²) in [6.07, 6.45) is 2.50. The quantitative estimate of drug-likeness (QED) is 0.771. The predicted molar refractivity (Wildman–Crippen MR) is 77.5 cm³/mol. The minimum Gasteiger partial charge on any atom is -0.333 e. The van der Waals surface area contributed by atoms with Crippen LogP contribution in [0.5, 0.6) is 0 Å². The molecule has 19 heavy (non-hydrogen) atoms. The number of hydrogen-bond donors (Lipinski definition) is 0. The lowest BCUT2D eigenvalue weighted by molar-refractivity contribution is 0.112. The Kier molecular flexibility index (Phi) is 3.31. The highest BCUT2D eigenvalue weighted by molar-refractivity contribution is 5.84. The molecular formula is C16H20N2O. The Labute approximate surface area is 114 Å². The number of carbonyl (C=O) groups is 1. The van der Waals surface area contributed by atoms with Crippen molar-refractivity contribution in [3.8, 4) is 11.3 Å². The van der Waals surface area contributed by atoms with Crippen LogP contribution in [0.15, 0.2) is 24.5 Å². The Hall–Kier alpha value is -1.90. The highest BCUT2D eigenvalue weighted by Crippen LogP contribution is 2.31. The zero-order valence-electron chi connectivity index (χ0n) is 12.2. The van der Waals surface area contributed by atoms with E-state index in [1.807, 2.05) is 11.6 Å². The Morgan fingerprint density at radius 2 is 1.95 bits per heavy atom. The number of aryl methyl sites for hydroxylation is 2. The number of nitrogens with zero attached hydrogens (tertiary/aromatic N) is 2. The van der Waals surface area contributed by atoms with E-state index >= 15 is 0 Å². The van der Waals surface area contributed by atoms with Gasteiger partial charge in [0.05, 0.1) is 12.0 Å². The van der Waals surface area contributed by atoms with Crippen LogP contribution in [0.4, 0.5) is 0 Å². The summed E-state index contributed by atoms with van der Waals surface area (Å²) in [4.78, 5) is 15.3. The van der Waals surface area contributed by atoms with Crippen molar-refractivity contribution in [1.82, 2.24) is 9.55 Å². The Morgan fingerprint density at radius 3 is 2.53 bits per heavy atom. The molecular weight excluding hydrogens is 236 g/mol. The van der Waals surface area contributed by atoms with Gasteiger partial charge >= 0.3 is 0 Å². The van der Waals surface area contributed by atoms with Gasteiger partial charge in [-0.15, -0.1) is 0 Å². The molecule has 0 fully saturated rings. The molecule has 0 amide bonds. The first-order chi connectivity index (χ1) is 8.84. The molecule has 0 atom stereocenters. The highest BCUT2D eigenvalue weighted by Gasteiger charge is 2.18. The smallest absolute Gasteiger partial charge is 0.170 e. The average Bonchev–Trinajstić information content (AvgIpc) is 2.69. The molecule has 2 aromatic rings. The van der Waals surface area contributed by atoms with Crippen LogP contribution in [0.25, 0.3) is 11.3 Å². The first-order valence-electron chi connectivity index (χ1n) is 6.42.